The Kier molecular flexibility index (Phi) is 6.21. The van der Waals surface area contributed by atoms with Gasteiger partial charge in [0.1, 0.15) is 17.6 Å². The largest absolute Gasteiger partial charge is 0.466 e. The Morgan fingerprint density at radius 1 is 1.35 bits per heavy atom. The number of rotatable bonds is 2. The topological polar surface area (TPSA) is 97.0 Å². The fourth-order valence-electron chi connectivity index (χ4n) is 3.11. The summed E-state index contributed by atoms with van der Waals surface area (Å²) in [6.45, 7) is 7.36. The number of ketones is 1. The van der Waals surface area contributed by atoms with Crippen molar-refractivity contribution in [2.75, 3.05) is 7.11 Å². The van der Waals surface area contributed by atoms with Gasteiger partial charge >= 0.3 is 5.97 Å². The zero-order chi connectivity index (χ0) is 19.5. The maximum absolute atomic E-state index is 12.4. The van der Waals surface area contributed by atoms with Crippen LogP contribution < -0.4 is 0 Å². The number of aliphatic hydroxyl groups excluding tert-OH is 1. The zero-order valence-electron chi connectivity index (χ0n) is 15.4. The molecule has 26 heavy (non-hydrogen) atoms. The van der Waals surface area contributed by atoms with Crippen LogP contribution in [0.25, 0.3) is 0 Å². The third-order valence-electron chi connectivity index (χ3n) is 4.61. The van der Waals surface area contributed by atoms with Crippen LogP contribution in [-0.4, -0.2) is 40.8 Å². The van der Waals surface area contributed by atoms with E-state index in [1.54, 1.807) is 6.07 Å². The maximum Gasteiger partial charge on any atom is 0.336 e. The Morgan fingerprint density at radius 3 is 2.62 bits per heavy atom. The Balaban J connectivity index is 2.45. The van der Waals surface area contributed by atoms with Gasteiger partial charge in [-0.3, -0.25) is 4.79 Å². The highest BCUT2D eigenvalue weighted by atomic mass is 16.5. The molecule has 0 amide bonds. The molecule has 0 saturated heterocycles. The van der Waals surface area contributed by atoms with Crippen LogP contribution in [0.4, 0.5) is 0 Å². The van der Waals surface area contributed by atoms with E-state index in [-0.39, 0.29) is 24.3 Å². The first-order valence-corrected chi connectivity index (χ1v) is 8.57. The first kappa shape index (κ1) is 20.1. The summed E-state index contributed by atoms with van der Waals surface area (Å²) in [7, 11) is 1.19. The molecule has 0 fully saturated rings. The van der Waals surface area contributed by atoms with E-state index in [1.165, 1.54) is 20.1 Å². The van der Waals surface area contributed by atoms with E-state index in [4.69, 9.17) is 9.15 Å². The molecule has 0 aliphatic carbocycles. The minimum Gasteiger partial charge on any atom is -0.466 e. The number of aliphatic hydroxyl groups is 2. The van der Waals surface area contributed by atoms with Gasteiger partial charge < -0.3 is 19.4 Å². The van der Waals surface area contributed by atoms with Crippen LogP contribution in [0.1, 0.15) is 38.2 Å². The lowest BCUT2D eigenvalue weighted by molar-refractivity contribution is -0.140. The van der Waals surface area contributed by atoms with Gasteiger partial charge in [-0.05, 0) is 38.3 Å². The number of hydrogen-bond acceptors (Lipinski definition) is 6. The van der Waals surface area contributed by atoms with Crippen molar-refractivity contribution in [1.29, 1.82) is 0 Å². The van der Waals surface area contributed by atoms with Crippen molar-refractivity contribution >= 4 is 11.8 Å². The first-order valence-electron chi connectivity index (χ1n) is 8.57. The van der Waals surface area contributed by atoms with Crippen molar-refractivity contribution < 1.29 is 29.0 Å². The number of allylic oxidation sites excluding steroid dienone is 2. The van der Waals surface area contributed by atoms with Gasteiger partial charge in [-0.1, -0.05) is 18.2 Å². The minimum absolute atomic E-state index is 0.0304. The molecule has 6 nitrogen and oxygen atoms in total. The molecule has 0 spiro atoms. The summed E-state index contributed by atoms with van der Waals surface area (Å²) >= 11 is 0. The fourth-order valence-corrected chi connectivity index (χ4v) is 3.11. The number of carbonyl (C=O) groups excluding carboxylic acids is 2. The first-order chi connectivity index (χ1) is 12.1. The predicted molar refractivity (Wildman–Crippen MR) is 95.4 cm³/mol. The van der Waals surface area contributed by atoms with E-state index in [0.29, 0.717) is 18.6 Å². The highest BCUT2D eigenvalue weighted by Crippen LogP contribution is 2.27. The van der Waals surface area contributed by atoms with Gasteiger partial charge in [0.2, 0.25) is 0 Å². The average molecular weight is 362 g/mol. The summed E-state index contributed by atoms with van der Waals surface area (Å²) in [6, 6.07) is 3.62. The van der Waals surface area contributed by atoms with Gasteiger partial charge in [0.15, 0.2) is 5.78 Å². The van der Waals surface area contributed by atoms with Crippen molar-refractivity contribution in [2.24, 2.45) is 5.92 Å². The van der Waals surface area contributed by atoms with Gasteiger partial charge in [-0.15, -0.1) is 0 Å². The number of Topliss-reactive ketones (excluding diaryl/α,β-unsaturated/α-hetero) is 1. The van der Waals surface area contributed by atoms with Crippen LogP contribution in [0.15, 0.2) is 40.4 Å². The Hall–Kier alpha value is -2.18. The highest BCUT2D eigenvalue weighted by Gasteiger charge is 2.33. The minimum atomic E-state index is -1.65. The molecule has 2 rings (SSSR count). The predicted octanol–water partition coefficient (Wildman–Crippen LogP) is 2.13. The maximum atomic E-state index is 12.4. The van der Waals surface area contributed by atoms with E-state index >= 15 is 0 Å². The second kappa shape index (κ2) is 8.01. The van der Waals surface area contributed by atoms with Crippen LogP contribution in [-0.2, 0) is 27.2 Å². The number of carbonyl (C=O) groups is 2. The summed E-state index contributed by atoms with van der Waals surface area (Å²) in [6.07, 6.45) is 0.641. The summed E-state index contributed by atoms with van der Waals surface area (Å²) in [5.74, 6) is -0.140. The van der Waals surface area contributed by atoms with Crippen molar-refractivity contribution in [2.45, 2.75) is 51.2 Å². The molecule has 142 valence electrons. The second-order valence-electron chi connectivity index (χ2n) is 7.22. The third kappa shape index (κ3) is 4.93. The van der Waals surface area contributed by atoms with Gasteiger partial charge in [0.25, 0.3) is 0 Å². The molecule has 3 unspecified atom stereocenters. The van der Waals surface area contributed by atoms with Crippen molar-refractivity contribution in [3.8, 4) is 0 Å². The lowest BCUT2D eigenvalue weighted by Gasteiger charge is -2.23. The van der Waals surface area contributed by atoms with E-state index in [1.807, 2.05) is 13.0 Å². The molecule has 1 aromatic rings. The zero-order valence-corrected chi connectivity index (χ0v) is 15.4. The number of hydrogen-bond donors (Lipinski definition) is 2. The molecule has 6 heteroatoms. The molecule has 1 aliphatic rings. The van der Waals surface area contributed by atoms with Crippen LogP contribution in [0.5, 0.6) is 0 Å². The second-order valence-corrected chi connectivity index (χ2v) is 7.22. The number of methoxy groups -OCH3 is 1. The number of fused-ring (bicyclic) bond motifs is 2. The molecule has 0 aromatic carbocycles. The van der Waals surface area contributed by atoms with Crippen LogP contribution in [0, 0.1) is 5.92 Å². The lowest BCUT2D eigenvalue weighted by atomic mass is 9.88. The van der Waals surface area contributed by atoms with Gasteiger partial charge in [-0.25, -0.2) is 4.79 Å². The van der Waals surface area contributed by atoms with Crippen LogP contribution >= 0.6 is 0 Å². The Labute approximate surface area is 153 Å². The quantitative estimate of drug-likeness (QED) is 0.618. The molecule has 2 N–H and O–H groups in total. The van der Waals surface area contributed by atoms with Gasteiger partial charge in [0.05, 0.1) is 18.3 Å². The number of esters is 1. The van der Waals surface area contributed by atoms with Crippen LogP contribution in [0.3, 0.4) is 0 Å². The van der Waals surface area contributed by atoms with E-state index in [9.17, 15) is 19.8 Å². The highest BCUT2D eigenvalue weighted by molar-refractivity contribution is 5.99. The number of ether oxygens (including phenoxy) is 1. The van der Waals surface area contributed by atoms with Gasteiger partial charge in [0, 0.05) is 19.3 Å². The summed E-state index contributed by atoms with van der Waals surface area (Å²) in [5.41, 5.74) is -0.625. The Morgan fingerprint density at radius 2 is 2.00 bits per heavy atom. The molecular weight excluding hydrogens is 336 g/mol. The molecule has 2 heterocycles. The molecular formula is C20H26O6. The molecule has 3 atom stereocenters. The van der Waals surface area contributed by atoms with Crippen molar-refractivity contribution in [3.05, 3.63) is 47.5 Å². The smallest absolute Gasteiger partial charge is 0.336 e. The molecule has 0 saturated carbocycles. The fraction of sp³-hybridized carbons (Fsp3) is 0.500. The normalized spacial score (nSPS) is 27.6. The average Bonchev–Trinajstić information content (AvgIpc) is 2.98. The van der Waals surface area contributed by atoms with Crippen molar-refractivity contribution in [3.63, 3.8) is 0 Å². The van der Waals surface area contributed by atoms with E-state index < -0.39 is 23.5 Å². The molecule has 2 bridgehead atoms. The summed E-state index contributed by atoms with van der Waals surface area (Å²) in [5, 5.41) is 20.9. The molecule has 0 radical (unpaired) electrons. The monoisotopic (exact) mass is 362 g/mol. The van der Waals surface area contributed by atoms with E-state index in [0.717, 1.165) is 11.3 Å². The number of furan rings is 1. The third-order valence-corrected chi connectivity index (χ3v) is 4.61. The molecule has 1 aromatic heterocycles. The summed E-state index contributed by atoms with van der Waals surface area (Å²) in [4.78, 5) is 24.5. The van der Waals surface area contributed by atoms with Crippen LogP contribution in [0.2, 0.25) is 0 Å². The van der Waals surface area contributed by atoms with Crippen molar-refractivity contribution in [1.82, 2.24) is 0 Å². The SMILES string of the molecule is C=C(C)C1CC=C(C(=O)OC)C(O)C(=O)CC(C)(O)Cc2ccc(o2)C1. The Bertz CT molecular complexity index is 724. The standard InChI is InChI=1S/C20H26O6/c1-12(2)13-5-8-16(19(23)25-4)18(22)17(21)11-20(3,24)10-15-7-6-14(9-13)26-15/h6-8,13,18,22,24H,1,5,9-11H2,2-4H3. The van der Waals surface area contributed by atoms with E-state index in [2.05, 4.69) is 6.58 Å². The molecule has 1 aliphatic heterocycles. The van der Waals surface area contributed by atoms with Gasteiger partial charge in [-0.2, -0.15) is 0 Å². The summed E-state index contributed by atoms with van der Waals surface area (Å²) < 4.78 is 10.5. The lowest BCUT2D eigenvalue weighted by Crippen LogP contribution is -2.37.